The van der Waals surface area contributed by atoms with Crippen LogP contribution in [0.4, 0.5) is 0 Å². The molecule has 13 rings (SSSR count). The van der Waals surface area contributed by atoms with Gasteiger partial charge in [0.1, 0.15) is 11.4 Å². The number of pyridine rings is 5. The summed E-state index contributed by atoms with van der Waals surface area (Å²) in [6.07, 6.45) is 17.2. The number of benzene rings is 1. The molecule has 0 unspecified atom stereocenters. The predicted molar refractivity (Wildman–Crippen MR) is 159 cm³/mol. The highest BCUT2D eigenvalue weighted by molar-refractivity contribution is 9.10. The Morgan fingerprint density at radius 2 is 0.780 bits per heavy atom. The van der Waals surface area contributed by atoms with Crippen LogP contribution in [0.2, 0.25) is 0 Å². The van der Waals surface area contributed by atoms with Gasteiger partial charge in [-0.15, -0.1) is 0 Å². The van der Waals surface area contributed by atoms with Crippen molar-refractivity contribution in [3.63, 3.8) is 0 Å². The van der Waals surface area contributed by atoms with Gasteiger partial charge in [-0.1, -0.05) is 22.0 Å². The lowest BCUT2D eigenvalue weighted by molar-refractivity contribution is -0.690. The summed E-state index contributed by atoms with van der Waals surface area (Å²) in [6.45, 7) is 3.08. The molecule has 7 aliphatic heterocycles. The second-order valence-electron chi connectivity index (χ2n) is 10.6. The molecule has 0 aliphatic carbocycles. The van der Waals surface area contributed by atoms with Gasteiger partial charge in [-0.25, -0.2) is 14.1 Å². The average molecular weight is 601 g/mol. The molecule has 0 saturated heterocycles. The minimum absolute atomic E-state index is 0.731. The first-order chi connectivity index (χ1) is 20.1. The van der Waals surface area contributed by atoms with E-state index in [2.05, 4.69) is 169 Å². The Labute approximate surface area is 248 Å². The van der Waals surface area contributed by atoms with Gasteiger partial charge < -0.3 is 0 Å². The van der Waals surface area contributed by atoms with Crippen molar-refractivity contribution in [1.82, 2.24) is 4.98 Å². The van der Waals surface area contributed by atoms with Crippen molar-refractivity contribution in [2.75, 3.05) is 0 Å². The van der Waals surface area contributed by atoms with Crippen LogP contribution in [0.1, 0.15) is 22.5 Å². The van der Waals surface area contributed by atoms with Crippen LogP contribution in [0.5, 0.6) is 0 Å². The Morgan fingerprint density at radius 3 is 1.15 bits per heavy atom. The Hall–Kier alpha value is -4.55. The van der Waals surface area contributed by atoms with Crippen LogP contribution in [0, 0.1) is 0 Å². The first-order valence-electron chi connectivity index (χ1n) is 13.8. The van der Waals surface area contributed by atoms with Crippen molar-refractivity contribution in [2.24, 2.45) is 0 Å². The van der Waals surface area contributed by atoms with Crippen molar-refractivity contribution in [2.45, 2.75) is 26.2 Å². The third-order valence-corrected chi connectivity index (χ3v) is 7.99. The van der Waals surface area contributed by atoms with Crippen LogP contribution >= 0.6 is 15.9 Å². The molecule has 0 N–H and O–H groups in total. The standard InChI is InChI=1S/C35H30BrN5/c36-33-21-27-20-28(22-33)24-39-14-6-30(7-15-39)32-10-18-41(19-11-32)26-35-3-1-2-34(37-35)25-40-16-8-31(9-17-40)29-4-12-38(23-27)13-5-29/h1-22H,23-26H2/q+4. The number of hydrogen-bond donors (Lipinski definition) is 0. The molecule has 5 nitrogen and oxygen atoms in total. The van der Waals surface area contributed by atoms with E-state index in [-0.39, 0.29) is 0 Å². The fourth-order valence-corrected chi connectivity index (χ4v) is 6.01. The molecular weight excluding hydrogens is 570 g/mol. The van der Waals surface area contributed by atoms with E-state index < -0.39 is 0 Å². The van der Waals surface area contributed by atoms with Crippen molar-refractivity contribution in [1.29, 1.82) is 0 Å². The molecule has 1 aromatic carbocycles. The molecule has 6 aromatic rings. The van der Waals surface area contributed by atoms with E-state index in [1.165, 1.54) is 33.4 Å². The van der Waals surface area contributed by atoms with Gasteiger partial charge in [0.2, 0.25) is 0 Å². The van der Waals surface area contributed by atoms with Crippen molar-refractivity contribution in [3.8, 4) is 22.3 Å². The lowest BCUT2D eigenvalue weighted by Gasteiger charge is -2.06. The Bertz CT molecular complexity index is 1690. The molecular formula is C35H30BrN5+4. The predicted octanol–water partition coefficient (Wildman–Crippen LogP) is 4.83. The monoisotopic (exact) mass is 599 g/mol. The molecule has 0 fully saturated rings. The first kappa shape index (κ1) is 25.4. The van der Waals surface area contributed by atoms with E-state index in [1.807, 2.05) is 0 Å². The van der Waals surface area contributed by atoms with Crippen LogP contribution in [0.25, 0.3) is 22.3 Å². The van der Waals surface area contributed by atoms with Crippen LogP contribution in [0.15, 0.2) is 139 Å². The van der Waals surface area contributed by atoms with Gasteiger partial charge in [0, 0.05) is 64.1 Å². The van der Waals surface area contributed by atoms with Gasteiger partial charge in [-0.05, 0) is 52.6 Å². The number of halogens is 1. The molecule has 0 saturated carbocycles. The summed E-state index contributed by atoms with van der Waals surface area (Å²) in [6, 6.07) is 30.5. The zero-order valence-corrected chi connectivity index (χ0v) is 24.2. The van der Waals surface area contributed by atoms with Gasteiger partial charge in [-0.3, -0.25) is 0 Å². The highest BCUT2D eigenvalue weighted by Gasteiger charge is 2.13. The van der Waals surface area contributed by atoms with Crippen LogP contribution in [-0.2, 0) is 26.2 Å². The average Bonchev–Trinajstić information content (AvgIpc) is 2.98. The summed E-state index contributed by atoms with van der Waals surface area (Å²) in [4.78, 5) is 4.94. The van der Waals surface area contributed by atoms with Crippen LogP contribution in [-0.4, -0.2) is 4.98 Å². The number of rotatable bonds is 0. The Balaban J connectivity index is 1.24. The topological polar surface area (TPSA) is 28.4 Å². The number of hydrogen-bond acceptors (Lipinski definition) is 1. The Morgan fingerprint density at radius 1 is 0.439 bits per heavy atom. The second kappa shape index (κ2) is 11.1. The largest absolute Gasteiger partial charge is 0.244 e. The zero-order valence-electron chi connectivity index (χ0n) is 22.6. The fourth-order valence-electron chi connectivity index (χ4n) is 5.42. The highest BCUT2D eigenvalue weighted by Crippen LogP contribution is 2.19. The zero-order chi connectivity index (χ0) is 27.6. The van der Waals surface area contributed by atoms with Gasteiger partial charge in [0.25, 0.3) is 0 Å². The molecule has 198 valence electrons. The van der Waals surface area contributed by atoms with E-state index in [0.717, 1.165) is 42.0 Å². The maximum Gasteiger partial charge on any atom is 0.190 e. The maximum absolute atomic E-state index is 4.94. The molecule has 12 bridgehead atoms. The minimum Gasteiger partial charge on any atom is -0.244 e. The minimum atomic E-state index is 0.731. The molecule has 7 aliphatic rings. The molecule has 6 heteroatoms. The fraction of sp³-hybridized carbons (Fsp3) is 0.114. The quantitative estimate of drug-likeness (QED) is 0.229. The van der Waals surface area contributed by atoms with E-state index in [4.69, 9.17) is 4.98 Å². The van der Waals surface area contributed by atoms with E-state index in [9.17, 15) is 0 Å². The molecule has 0 amide bonds. The lowest BCUT2D eigenvalue weighted by Crippen LogP contribution is -2.35. The summed E-state index contributed by atoms with van der Waals surface area (Å²) in [5.74, 6) is 0. The smallest absolute Gasteiger partial charge is 0.190 e. The Kier molecular flexibility index (Phi) is 6.91. The number of nitrogens with zero attached hydrogens (tertiary/aromatic N) is 5. The molecule has 0 atom stereocenters. The third kappa shape index (κ3) is 5.98. The molecule has 0 radical (unpaired) electrons. The van der Waals surface area contributed by atoms with E-state index in [1.54, 1.807) is 0 Å². The van der Waals surface area contributed by atoms with E-state index >= 15 is 0 Å². The molecule has 0 spiro atoms. The molecule has 5 aromatic heterocycles. The summed E-state index contributed by atoms with van der Waals surface area (Å²) >= 11 is 3.74. The van der Waals surface area contributed by atoms with Crippen molar-refractivity contribution in [3.05, 3.63) is 161 Å². The summed E-state index contributed by atoms with van der Waals surface area (Å²) in [5, 5.41) is 0. The summed E-state index contributed by atoms with van der Waals surface area (Å²) in [7, 11) is 0. The van der Waals surface area contributed by atoms with Crippen LogP contribution in [0.3, 0.4) is 0 Å². The van der Waals surface area contributed by atoms with Gasteiger partial charge in [-0.2, -0.15) is 9.13 Å². The van der Waals surface area contributed by atoms with Gasteiger partial charge in [0.15, 0.2) is 75.8 Å². The normalized spacial score (nSPS) is 12.6. The second-order valence-corrected chi connectivity index (χ2v) is 11.5. The highest BCUT2D eigenvalue weighted by atomic mass is 79.9. The van der Waals surface area contributed by atoms with Crippen molar-refractivity contribution >= 4 is 15.9 Å². The molecule has 12 heterocycles. The number of aromatic nitrogens is 5. The summed E-state index contributed by atoms with van der Waals surface area (Å²) in [5.41, 5.74) is 9.43. The van der Waals surface area contributed by atoms with Gasteiger partial charge >= 0.3 is 0 Å². The lowest BCUT2D eigenvalue weighted by atomic mass is 10.1. The van der Waals surface area contributed by atoms with Crippen molar-refractivity contribution < 1.29 is 18.3 Å². The van der Waals surface area contributed by atoms with Crippen LogP contribution < -0.4 is 18.3 Å². The van der Waals surface area contributed by atoms with Gasteiger partial charge in [0.05, 0.1) is 0 Å². The third-order valence-electron chi connectivity index (χ3n) is 7.53. The maximum atomic E-state index is 4.94. The van der Waals surface area contributed by atoms with E-state index in [0.29, 0.717) is 0 Å². The first-order valence-corrected chi connectivity index (χ1v) is 14.6. The molecule has 41 heavy (non-hydrogen) atoms. The SMILES string of the molecule is Brc1cc2cc(c1)C[n+]1ccc(cc1)-c1cc[n+](cc1)Cc1cccc(n1)C[n+]1ccc(cc1)-c1cc[n+](cc1)C2. The summed E-state index contributed by atoms with van der Waals surface area (Å²) < 4.78 is 9.92.